The van der Waals surface area contributed by atoms with Crippen molar-refractivity contribution in [2.24, 2.45) is 0 Å². The number of likely N-dealkylation sites (tertiary alicyclic amines) is 1. The van der Waals surface area contributed by atoms with Crippen molar-refractivity contribution in [3.05, 3.63) is 108 Å². The molecule has 2 heterocycles. The van der Waals surface area contributed by atoms with Crippen molar-refractivity contribution in [1.82, 2.24) is 9.88 Å². The first kappa shape index (κ1) is 19.1. The van der Waals surface area contributed by atoms with E-state index in [1.165, 1.54) is 59.9 Å². The summed E-state index contributed by atoms with van der Waals surface area (Å²) >= 11 is 0. The number of aromatic nitrogens is 1. The van der Waals surface area contributed by atoms with E-state index in [2.05, 4.69) is 101 Å². The minimum absolute atomic E-state index is 0.471. The topological polar surface area (TPSA) is 19.0 Å². The molecule has 1 aromatic heterocycles. The summed E-state index contributed by atoms with van der Waals surface area (Å²) in [6.07, 6.45) is 5.92. The maximum Gasteiger partial charge on any atom is 0.0456 e. The molecule has 0 radical (unpaired) electrons. The van der Waals surface area contributed by atoms with Crippen LogP contribution in [0, 0.1) is 0 Å². The van der Waals surface area contributed by atoms with Gasteiger partial charge >= 0.3 is 0 Å². The van der Waals surface area contributed by atoms with Crippen LogP contribution in [-0.2, 0) is 0 Å². The molecule has 1 saturated heterocycles. The first-order valence-corrected chi connectivity index (χ1v) is 11.3. The summed E-state index contributed by atoms with van der Waals surface area (Å²) in [6.45, 7) is 3.55. The van der Waals surface area contributed by atoms with E-state index in [1.54, 1.807) is 0 Å². The van der Waals surface area contributed by atoms with Gasteiger partial charge < -0.3 is 9.88 Å². The molecule has 0 saturated carbocycles. The molecule has 0 amide bonds. The number of piperidine rings is 1. The standard InChI is InChI=1S/C28H30N2/c1-3-9-22(10-4-1)25(23-11-5-2-6-12-23)17-20-30-18-15-24(16-19-30)27-21-29-28-14-8-7-13-26(27)28/h1-14,21,24-25,29H,15-20H2. The minimum atomic E-state index is 0.471. The molecule has 1 aliphatic heterocycles. The molecule has 5 rings (SSSR count). The van der Waals surface area contributed by atoms with Gasteiger partial charge in [-0.25, -0.2) is 0 Å². The van der Waals surface area contributed by atoms with E-state index in [4.69, 9.17) is 0 Å². The van der Waals surface area contributed by atoms with Crippen molar-refractivity contribution in [1.29, 1.82) is 0 Å². The van der Waals surface area contributed by atoms with E-state index >= 15 is 0 Å². The van der Waals surface area contributed by atoms with Gasteiger partial charge in [-0.15, -0.1) is 0 Å². The summed E-state index contributed by atoms with van der Waals surface area (Å²) in [4.78, 5) is 6.13. The Morgan fingerprint density at radius 3 is 2.03 bits per heavy atom. The molecule has 0 atom stereocenters. The molecule has 1 aliphatic rings. The van der Waals surface area contributed by atoms with Crippen LogP contribution in [0.15, 0.2) is 91.1 Å². The van der Waals surface area contributed by atoms with Crippen molar-refractivity contribution < 1.29 is 0 Å². The van der Waals surface area contributed by atoms with Crippen LogP contribution in [0.3, 0.4) is 0 Å². The molecule has 30 heavy (non-hydrogen) atoms. The molecule has 2 heteroatoms. The maximum atomic E-state index is 3.46. The van der Waals surface area contributed by atoms with Gasteiger partial charge in [0.15, 0.2) is 0 Å². The predicted molar refractivity (Wildman–Crippen MR) is 126 cm³/mol. The second-order valence-electron chi connectivity index (χ2n) is 8.57. The van der Waals surface area contributed by atoms with Crippen molar-refractivity contribution in [3.8, 4) is 0 Å². The maximum absolute atomic E-state index is 3.46. The van der Waals surface area contributed by atoms with Crippen LogP contribution in [0.2, 0.25) is 0 Å². The number of nitrogens with one attached hydrogen (secondary N) is 1. The lowest BCUT2D eigenvalue weighted by molar-refractivity contribution is 0.208. The van der Waals surface area contributed by atoms with E-state index in [1.807, 2.05) is 0 Å². The third-order valence-electron chi connectivity index (χ3n) is 6.79. The number of hydrogen-bond acceptors (Lipinski definition) is 1. The molecule has 4 aromatic rings. The molecule has 3 aromatic carbocycles. The van der Waals surface area contributed by atoms with E-state index in [-0.39, 0.29) is 0 Å². The Bertz CT molecular complexity index is 1020. The molecular weight excluding hydrogens is 364 g/mol. The van der Waals surface area contributed by atoms with Crippen LogP contribution in [0.4, 0.5) is 0 Å². The number of hydrogen-bond donors (Lipinski definition) is 1. The SMILES string of the molecule is c1ccc(C(CCN2CCC(c3c[nH]c4ccccc34)CC2)c2ccccc2)cc1. The molecule has 1 fully saturated rings. The molecule has 0 spiro atoms. The number of aromatic amines is 1. The average molecular weight is 395 g/mol. The summed E-state index contributed by atoms with van der Waals surface area (Å²) in [6, 6.07) is 30.7. The van der Waals surface area contributed by atoms with Gasteiger partial charge in [-0.1, -0.05) is 78.9 Å². The number of H-pyrrole nitrogens is 1. The van der Waals surface area contributed by atoms with Gasteiger partial charge in [-0.2, -0.15) is 0 Å². The highest BCUT2D eigenvalue weighted by Crippen LogP contribution is 2.34. The lowest BCUT2D eigenvalue weighted by Gasteiger charge is -2.33. The Labute approximate surface area is 179 Å². The van der Waals surface area contributed by atoms with E-state index < -0.39 is 0 Å². The normalized spacial score (nSPS) is 15.8. The highest BCUT2D eigenvalue weighted by Gasteiger charge is 2.23. The van der Waals surface area contributed by atoms with Crippen molar-refractivity contribution in [2.45, 2.75) is 31.1 Å². The van der Waals surface area contributed by atoms with Crippen LogP contribution < -0.4 is 0 Å². The number of benzene rings is 3. The average Bonchev–Trinajstić information content (AvgIpc) is 3.25. The lowest BCUT2D eigenvalue weighted by Crippen LogP contribution is -2.34. The zero-order valence-corrected chi connectivity index (χ0v) is 17.5. The number of nitrogens with zero attached hydrogens (tertiary/aromatic N) is 1. The molecular formula is C28H30N2. The fraction of sp³-hybridized carbons (Fsp3) is 0.286. The Hall–Kier alpha value is -2.84. The zero-order chi connectivity index (χ0) is 20.2. The molecule has 0 bridgehead atoms. The second-order valence-corrected chi connectivity index (χ2v) is 8.57. The van der Waals surface area contributed by atoms with Crippen molar-refractivity contribution in [2.75, 3.05) is 19.6 Å². The monoisotopic (exact) mass is 394 g/mol. The highest BCUT2D eigenvalue weighted by molar-refractivity contribution is 5.83. The Kier molecular flexibility index (Phi) is 5.67. The Morgan fingerprint density at radius 2 is 1.37 bits per heavy atom. The van der Waals surface area contributed by atoms with Gasteiger partial charge in [0.05, 0.1) is 0 Å². The minimum Gasteiger partial charge on any atom is -0.361 e. The van der Waals surface area contributed by atoms with Crippen LogP contribution in [0.1, 0.15) is 47.8 Å². The van der Waals surface area contributed by atoms with Gasteiger partial charge in [0.2, 0.25) is 0 Å². The number of para-hydroxylation sites is 1. The first-order valence-electron chi connectivity index (χ1n) is 11.3. The predicted octanol–water partition coefficient (Wildman–Crippen LogP) is 6.57. The van der Waals surface area contributed by atoms with E-state index in [9.17, 15) is 0 Å². The Balaban J connectivity index is 1.23. The molecule has 0 aliphatic carbocycles. The summed E-state index contributed by atoms with van der Waals surface area (Å²) in [5, 5.41) is 1.41. The van der Waals surface area contributed by atoms with E-state index in [0.717, 1.165) is 6.54 Å². The summed E-state index contributed by atoms with van der Waals surface area (Å²) in [5.74, 6) is 1.15. The van der Waals surface area contributed by atoms with Crippen LogP contribution in [-0.4, -0.2) is 29.5 Å². The molecule has 2 nitrogen and oxygen atoms in total. The van der Waals surface area contributed by atoms with Crippen molar-refractivity contribution in [3.63, 3.8) is 0 Å². The first-order chi connectivity index (χ1) is 14.9. The second kappa shape index (κ2) is 8.89. The summed E-state index contributed by atoms with van der Waals surface area (Å²) in [5.41, 5.74) is 5.63. The van der Waals surface area contributed by atoms with Gasteiger partial charge in [0, 0.05) is 23.0 Å². The third-order valence-corrected chi connectivity index (χ3v) is 6.79. The third kappa shape index (κ3) is 4.06. The van der Waals surface area contributed by atoms with Gasteiger partial charge in [0.1, 0.15) is 0 Å². The summed E-state index contributed by atoms with van der Waals surface area (Å²) in [7, 11) is 0. The number of fused-ring (bicyclic) bond motifs is 1. The van der Waals surface area contributed by atoms with E-state index in [0.29, 0.717) is 11.8 Å². The van der Waals surface area contributed by atoms with Crippen LogP contribution in [0.25, 0.3) is 10.9 Å². The molecule has 0 unspecified atom stereocenters. The van der Waals surface area contributed by atoms with Gasteiger partial charge in [0.25, 0.3) is 0 Å². The quantitative estimate of drug-likeness (QED) is 0.392. The fourth-order valence-electron chi connectivity index (χ4n) is 5.11. The molecule has 152 valence electrons. The van der Waals surface area contributed by atoms with Crippen LogP contribution >= 0.6 is 0 Å². The van der Waals surface area contributed by atoms with Gasteiger partial charge in [-0.3, -0.25) is 0 Å². The fourth-order valence-corrected chi connectivity index (χ4v) is 5.11. The largest absolute Gasteiger partial charge is 0.361 e. The highest BCUT2D eigenvalue weighted by atomic mass is 15.1. The molecule has 1 N–H and O–H groups in total. The Morgan fingerprint density at radius 1 is 0.767 bits per heavy atom. The summed E-state index contributed by atoms with van der Waals surface area (Å²) < 4.78 is 0. The smallest absolute Gasteiger partial charge is 0.0456 e. The van der Waals surface area contributed by atoms with Crippen molar-refractivity contribution >= 4 is 10.9 Å². The van der Waals surface area contributed by atoms with Gasteiger partial charge in [-0.05, 0) is 67.6 Å². The number of rotatable bonds is 6. The van der Waals surface area contributed by atoms with Crippen LogP contribution in [0.5, 0.6) is 0 Å². The lowest BCUT2D eigenvalue weighted by atomic mass is 9.87. The zero-order valence-electron chi connectivity index (χ0n) is 17.5.